The van der Waals surface area contributed by atoms with Gasteiger partial charge in [-0.1, -0.05) is 42.0 Å². The standard InChI is InChI=1S/C23H23FN2O/c1-16-5-3-6-18(13-16)22-20(27-2)9-8-19(23(22)24)14-17-7-10-21(25-15-17)26-11-4-12-26/h3,5-10,13,15H,4,11-12,14H2,1-2H3. The van der Waals surface area contributed by atoms with Crippen LogP contribution < -0.4 is 9.64 Å². The molecule has 0 spiro atoms. The quantitative estimate of drug-likeness (QED) is 0.638. The highest BCUT2D eigenvalue weighted by Gasteiger charge is 2.18. The number of anilines is 1. The predicted molar refractivity (Wildman–Crippen MR) is 107 cm³/mol. The van der Waals surface area contributed by atoms with Crippen molar-refractivity contribution in [2.24, 2.45) is 0 Å². The van der Waals surface area contributed by atoms with E-state index in [1.165, 1.54) is 6.42 Å². The van der Waals surface area contributed by atoms with Crippen molar-refractivity contribution < 1.29 is 9.13 Å². The lowest BCUT2D eigenvalue weighted by Crippen LogP contribution is -2.37. The van der Waals surface area contributed by atoms with Crippen molar-refractivity contribution in [3.63, 3.8) is 0 Å². The molecule has 0 amide bonds. The third kappa shape index (κ3) is 3.52. The highest BCUT2D eigenvalue weighted by molar-refractivity contribution is 5.72. The molecule has 0 unspecified atom stereocenters. The van der Waals surface area contributed by atoms with E-state index in [0.29, 0.717) is 23.3 Å². The average Bonchev–Trinajstić information content (AvgIpc) is 2.63. The molecule has 1 aromatic heterocycles. The highest BCUT2D eigenvalue weighted by atomic mass is 19.1. The maximum atomic E-state index is 15.4. The van der Waals surface area contributed by atoms with Crippen molar-refractivity contribution in [2.75, 3.05) is 25.1 Å². The van der Waals surface area contributed by atoms with Crippen molar-refractivity contribution in [3.05, 3.63) is 77.2 Å². The number of rotatable bonds is 5. The van der Waals surface area contributed by atoms with Gasteiger partial charge in [0.2, 0.25) is 0 Å². The summed E-state index contributed by atoms with van der Waals surface area (Å²) in [5, 5.41) is 0. The lowest BCUT2D eigenvalue weighted by molar-refractivity contribution is 0.413. The van der Waals surface area contributed by atoms with Crippen molar-refractivity contribution in [1.82, 2.24) is 4.98 Å². The number of pyridine rings is 1. The molecule has 2 aromatic carbocycles. The Kier molecular flexibility index (Phi) is 4.80. The van der Waals surface area contributed by atoms with Gasteiger partial charge in [0.05, 0.1) is 12.7 Å². The molecule has 4 rings (SSSR count). The Morgan fingerprint density at radius 2 is 1.96 bits per heavy atom. The maximum absolute atomic E-state index is 15.4. The SMILES string of the molecule is COc1ccc(Cc2ccc(N3CCC3)nc2)c(F)c1-c1cccc(C)c1. The smallest absolute Gasteiger partial charge is 0.138 e. The second-order valence-corrected chi connectivity index (χ2v) is 7.03. The lowest BCUT2D eigenvalue weighted by atomic mass is 9.96. The van der Waals surface area contributed by atoms with E-state index in [2.05, 4.69) is 9.88 Å². The Bertz CT molecular complexity index is 949. The first-order valence-corrected chi connectivity index (χ1v) is 9.28. The second kappa shape index (κ2) is 7.39. The molecule has 0 bridgehead atoms. The van der Waals surface area contributed by atoms with Crippen LogP contribution in [0.25, 0.3) is 11.1 Å². The molecule has 3 aromatic rings. The normalized spacial score (nSPS) is 13.4. The summed E-state index contributed by atoms with van der Waals surface area (Å²) in [5.41, 5.74) is 4.08. The number of hydrogen-bond acceptors (Lipinski definition) is 3. The van der Waals surface area contributed by atoms with Crippen LogP contribution in [0.1, 0.15) is 23.1 Å². The fraction of sp³-hybridized carbons (Fsp3) is 0.261. The number of methoxy groups -OCH3 is 1. The van der Waals surface area contributed by atoms with Gasteiger partial charge in [-0.15, -0.1) is 0 Å². The first kappa shape index (κ1) is 17.5. The number of ether oxygens (including phenoxy) is 1. The third-order valence-corrected chi connectivity index (χ3v) is 5.09. The monoisotopic (exact) mass is 362 g/mol. The first-order chi connectivity index (χ1) is 13.2. The van der Waals surface area contributed by atoms with E-state index in [1.54, 1.807) is 13.2 Å². The summed E-state index contributed by atoms with van der Waals surface area (Å²) in [6, 6.07) is 15.6. The van der Waals surface area contributed by atoms with Gasteiger partial charge in [0.25, 0.3) is 0 Å². The summed E-state index contributed by atoms with van der Waals surface area (Å²) in [6.07, 6.45) is 3.58. The van der Waals surface area contributed by atoms with E-state index < -0.39 is 0 Å². The Morgan fingerprint density at radius 3 is 2.59 bits per heavy atom. The maximum Gasteiger partial charge on any atom is 0.138 e. The number of hydrogen-bond donors (Lipinski definition) is 0. The van der Waals surface area contributed by atoms with Gasteiger partial charge < -0.3 is 9.64 Å². The van der Waals surface area contributed by atoms with E-state index in [4.69, 9.17) is 4.74 Å². The lowest BCUT2D eigenvalue weighted by Gasteiger charge is -2.31. The molecule has 0 saturated carbocycles. The van der Waals surface area contributed by atoms with E-state index in [0.717, 1.165) is 35.6 Å². The number of nitrogens with zero attached hydrogens (tertiary/aromatic N) is 2. The van der Waals surface area contributed by atoms with Gasteiger partial charge in [0, 0.05) is 25.7 Å². The van der Waals surface area contributed by atoms with Crippen LogP contribution in [0.4, 0.5) is 10.2 Å². The van der Waals surface area contributed by atoms with Crippen molar-refractivity contribution in [1.29, 1.82) is 0 Å². The van der Waals surface area contributed by atoms with Crippen LogP contribution >= 0.6 is 0 Å². The van der Waals surface area contributed by atoms with E-state index >= 15 is 4.39 Å². The highest BCUT2D eigenvalue weighted by Crippen LogP contribution is 2.35. The molecule has 0 atom stereocenters. The van der Waals surface area contributed by atoms with Gasteiger partial charge >= 0.3 is 0 Å². The van der Waals surface area contributed by atoms with Crippen LogP contribution in [0.2, 0.25) is 0 Å². The number of benzene rings is 2. The number of halogens is 1. The molecule has 0 N–H and O–H groups in total. The van der Waals surface area contributed by atoms with E-state index in [9.17, 15) is 0 Å². The molecule has 1 saturated heterocycles. The summed E-state index contributed by atoms with van der Waals surface area (Å²) in [7, 11) is 1.58. The Labute approximate surface area is 159 Å². The molecule has 3 nitrogen and oxygen atoms in total. The zero-order valence-electron chi connectivity index (χ0n) is 15.7. The molecule has 4 heteroatoms. The molecule has 1 aliphatic rings. The van der Waals surface area contributed by atoms with E-state index in [-0.39, 0.29) is 5.82 Å². The molecule has 2 heterocycles. The van der Waals surface area contributed by atoms with Crippen molar-refractivity contribution in [3.8, 4) is 16.9 Å². The largest absolute Gasteiger partial charge is 0.496 e. The molecule has 27 heavy (non-hydrogen) atoms. The topological polar surface area (TPSA) is 25.4 Å². The Hall–Kier alpha value is -2.88. The number of aromatic nitrogens is 1. The summed E-state index contributed by atoms with van der Waals surface area (Å²) in [6.45, 7) is 4.14. The molecule has 1 aliphatic heterocycles. The van der Waals surface area contributed by atoms with E-state index in [1.807, 2.05) is 55.6 Å². The molecular formula is C23H23FN2O. The van der Waals surface area contributed by atoms with Crippen LogP contribution in [0.3, 0.4) is 0 Å². The van der Waals surface area contributed by atoms with Crippen LogP contribution in [0.15, 0.2) is 54.7 Å². The van der Waals surface area contributed by atoms with Gasteiger partial charge in [0.15, 0.2) is 0 Å². The number of aryl methyl sites for hydroxylation is 1. The minimum Gasteiger partial charge on any atom is -0.496 e. The molecule has 138 valence electrons. The van der Waals surface area contributed by atoms with Crippen LogP contribution in [0.5, 0.6) is 5.75 Å². The first-order valence-electron chi connectivity index (χ1n) is 9.28. The summed E-state index contributed by atoms with van der Waals surface area (Å²) >= 11 is 0. The summed E-state index contributed by atoms with van der Waals surface area (Å²) in [4.78, 5) is 6.77. The van der Waals surface area contributed by atoms with Gasteiger partial charge in [-0.3, -0.25) is 0 Å². The Morgan fingerprint density at radius 1 is 1.11 bits per heavy atom. The van der Waals surface area contributed by atoms with Gasteiger partial charge in [0.1, 0.15) is 17.4 Å². The van der Waals surface area contributed by atoms with Gasteiger partial charge in [-0.2, -0.15) is 0 Å². The van der Waals surface area contributed by atoms with Crippen LogP contribution in [0, 0.1) is 12.7 Å². The molecule has 0 aliphatic carbocycles. The van der Waals surface area contributed by atoms with Crippen LogP contribution in [-0.2, 0) is 6.42 Å². The summed E-state index contributed by atoms with van der Waals surface area (Å²) < 4.78 is 20.8. The summed E-state index contributed by atoms with van der Waals surface area (Å²) in [5.74, 6) is 1.32. The molecular weight excluding hydrogens is 339 g/mol. The molecule has 0 radical (unpaired) electrons. The Balaban J connectivity index is 1.66. The minimum absolute atomic E-state index is 0.230. The second-order valence-electron chi connectivity index (χ2n) is 7.03. The minimum atomic E-state index is -0.230. The molecule has 1 fully saturated rings. The van der Waals surface area contributed by atoms with Crippen molar-refractivity contribution >= 4 is 5.82 Å². The fourth-order valence-electron chi connectivity index (χ4n) is 3.45. The zero-order valence-corrected chi connectivity index (χ0v) is 15.7. The third-order valence-electron chi connectivity index (χ3n) is 5.09. The van der Waals surface area contributed by atoms with Gasteiger partial charge in [-0.05, 0) is 42.2 Å². The predicted octanol–water partition coefficient (Wildman–Crippen LogP) is 5.01. The average molecular weight is 362 g/mol. The fourth-order valence-corrected chi connectivity index (χ4v) is 3.45. The zero-order chi connectivity index (χ0) is 18.8. The van der Waals surface area contributed by atoms with Gasteiger partial charge in [-0.25, -0.2) is 9.37 Å². The van der Waals surface area contributed by atoms with Crippen molar-refractivity contribution in [2.45, 2.75) is 19.8 Å². The van der Waals surface area contributed by atoms with Crippen LogP contribution in [-0.4, -0.2) is 25.2 Å².